The van der Waals surface area contributed by atoms with Crippen molar-refractivity contribution < 1.29 is 9.90 Å². The molecule has 20 heavy (non-hydrogen) atoms. The third-order valence-corrected chi connectivity index (χ3v) is 3.54. The number of Topliss-reactive ketones (excluding diaryl/α,β-unsaturated/α-hetero) is 1. The Morgan fingerprint density at radius 1 is 1.05 bits per heavy atom. The maximum Gasteiger partial charge on any atom is 0.212 e. The van der Waals surface area contributed by atoms with Gasteiger partial charge >= 0.3 is 0 Å². The molecule has 0 fully saturated rings. The molecule has 0 saturated carbocycles. The van der Waals surface area contributed by atoms with Gasteiger partial charge in [-0.1, -0.05) is 42.5 Å². The van der Waals surface area contributed by atoms with Gasteiger partial charge in [0.15, 0.2) is 6.23 Å². The average Bonchev–Trinajstić information content (AvgIpc) is 2.90. The predicted octanol–water partition coefficient (Wildman–Crippen LogP) is 3.32. The van der Waals surface area contributed by atoms with Crippen LogP contribution < -0.4 is 0 Å². The maximum atomic E-state index is 12.4. The van der Waals surface area contributed by atoms with E-state index < -0.39 is 6.23 Å². The molecule has 1 atom stereocenters. The summed E-state index contributed by atoms with van der Waals surface area (Å²) in [6, 6.07) is 16.9. The van der Waals surface area contributed by atoms with Crippen LogP contribution in [-0.4, -0.2) is 15.5 Å². The molecule has 3 rings (SSSR count). The van der Waals surface area contributed by atoms with Gasteiger partial charge in [0.25, 0.3) is 0 Å². The first-order valence-corrected chi connectivity index (χ1v) is 6.52. The van der Waals surface area contributed by atoms with Crippen LogP contribution in [-0.2, 0) is 0 Å². The van der Waals surface area contributed by atoms with E-state index >= 15 is 0 Å². The van der Waals surface area contributed by atoms with Gasteiger partial charge in [-0.3, -0.25) is 4.79 Å². The quantitative estimate of drug-likeness (QED) is 0.738. The van der Waals surface area contributed by atoms with Gasteiger partial charge in [0.05, 0.1) is 5.52 Å². The third kappa shape index (κ3) is 2.02. The highest BCUT2D eigenvalue weighted by Gasteiger charge is 2.21. The molecule has 0 amide bonds. The smallest absolute Gasteiger partial charge is 0.212 e. The van der Waals surface area contributed by atoms with Gasteiger partial charge in [-0.25, -0.2) is 0 Å². The van der Waals surface area contributed by atoms with Crippen molar-refractivity contribution in [3.8, 4) is 0 Å². The number of nitrogens with zero attached hydrogens (tertiary/aromatic N) is 1. The van der Waals surface area contributed by atoms with Crippen LogP contribution in [0.5, 0.6) is 0 Å². The molecular weight excluding hydrogens is 250 g/mol. The van der Waals surface area contributed by atoms with Gasteiger partial charge < -0.3 is 9.67 Å². The summed E-state index contributed by atoms with van der Waals surface area (Å²) in [5.41, 5.74) is 2.27. The SMILES string of the molecule is Cc1ccccc1C(=O)C(O)n1ccc2ccccc21. The zero-order chi connectivity index (χ0) is 14.1. The number of aryl methyl sites for hydroxylation is 1. The molecule has 0 aliphatic rings. The van der Waals surface area contributed by atoms with Crippen molar-refractivity contribution in [2.45, 2.75) is 13.2 Å². The number of hydrogen-bond acceptors (Lipinski definition) is 2. The minimum Gasteiger partial charge on any atom is -0.366 e. The Balaban J connectivity index is 2.02. The number of aromatic nitrogens is 1. The van der Waals surface area contributed by atoms with Gasteiger partial charge in [-0.15, -0.1) is 0 Å². The lowest BCUT2D eigenvalue weighted by molar-refractivity contribution is 0.0588. The molecule has 1 N–H and O–H groups in total. The number of carbonyl (C=O) groups excluding carboxylic acids is 1. The molecule has 0 saturated heterocycles. The van der Waals surface area contributed by atoms with Crippen LogP contribution in [0.3, 0.4) is 0 Å². The monoisotopic (exact) mass is 265 g/mol. The Morgan fingerprint density at radius 3 is 2.55 bits per heavy atom. The van der Waals surface area contributed by atoms with Gasteiger partial charge in [0, 0.05) is 11.8 Å². The third-order valence-electron chi connectivity index (χ3n) is 3.54. The summed E-state index contributed by atoms with van der Waals surface area (Å²) in [5.74, 6) is -0.288. The number of rotatable bonds is 3. The molecule has 3 aromatic rings. The number of carbonyl (C=O) groups is 1. The second-order valence-corrected chi connectivity index (χ2v) is 4.83. The molecule has 100 valence electrons. The van der Waals surface area contributed by atoms with Gasteiger partial charge in [0.2, 0.25) is 5.78 Å². The van der Waals surface area contributed by atoms with Crippen LogP contribution in [0.25, 0.3) is 10.9 Å². The molecule has 0 aliphatic carbocycles. The van der Waals surface area contributed by atoms with Crippen LogP contribution in [0.1, 0.15) is 22.1 Å². The first-order valence-electron chi connectivity index (χ1n) is 6.52. The summed E-state index contributed by atoms with van der Waals surface area (Å²) in [5, 5.41) is 11.4. The summed E-state index contributed by atoms with van der Waals surface area (Å²) in [4.78, 5) is 12.4. The molecule has 1 aromatic heterocycles. The van der Waals surface area contributed by atoms with Gasteiger partial charge in [0.1, 0.15) is 0 Å². The lowest BCUT2D eigenvalue weighted by Gasteiger charge is -2.14. The fourth-order valence-corrected chi connectivity index (χ4v) is 2.43. The summed E-state index contributed by atoms with van der Waals surface area (Å²) in [6.07, 6.45) is 0.543. The molecule has 2 aromatic carbocycles. The Morgan fingerprint density at radius 2 is 1.75 bits per heavy atom. The molecular formula is C17H15NO2. The van der Waals surface area contributed by atoms with Crippen molar-refractivity contribution in [1.29, 1.82) is 0 Å². The van der Waals surface area contributed by atoms with Crippen molar-refractivity contribution in [2.24, 2.45) is 0 Å². The summed E-state index contributed by atoms with van der Waals surface area (Å²) in [6.45, 7) is 1.87. The van der Waals surface area contributed by atoms with Crippen LogP contribution >= 0.6 is 0 Å². The summed E-state index contributed by atoms with van der Waals surface area (Å²) < 4.78 is 1.60. The van der Waals surface area contributed by atoms with E-state index in [2.05, 4.69) is 0 Å². The highest BCUT2D eigenvalue weighted by Crippen LogP contribution is 2.22. The van der Waals surface area contributed by atoms with E-state index in [0.29, 0.717) is 5.56 Å². The van der Waals surface area contributed by atoms with E-state index in [1.54, 1.807) is 22.9 Å². The number of ketones is 1. The molecule has 0 bridgehead atoms. The van der Waals surface area contributed by atoms with E-state index in [0.717, 1.165) is 16.5 Å². The molecule has 1 unspecified atom stereocenters. The van der Waals surface area contributed by atoms with E-state index in [4.69, 9.17) is 0 Å². The van der Waals surface area contributed by atoms with Crippen LogP contribution in [0.4, 0.5) is 0 Å². The van der Waals surface area contributed by atoms with E-state index in [-0.39, 0.29) is 5.78 Å². The second-order valence-electron chi connectivity index (χ2n) is 4.83. The Kier molecular flexibility index (Phi) is 3.12. The van der Waals surface area contributed by atoms with Crippen LogP contribution in [0.15, 0.2) is 60.8 Å². The number of aliphatic hydroxyl groups is 1. The molecule has 1 heterocycles. The Labute approximate surface area is 117 Å². The highest BCUT2D eigenvalue weighted by molar-refractivity contribution is 6.00. The fourth-order valence-electron chi connectivity index (χ4n) is 2.43. The molecule has 0 aliphatic heterocycles. The van der Waals surface area contributed by atoms with E-state index in [9.17, 15) is 9.90 Å². The van der Waals surface area contributed by atoms with Crippen molar-refractivity contribution >= 4 is 16.7 Å². The number of benzene rings is 2. The fraction of sp³-hybridized carbons (Fsp3) is 0.118. The molecule has 3 heteroatoms. The van der Waals surface area contributed by atoms with E-state index in [1.807, 2.05) is 49.4 Å². The topological polar surface area (TPSA) is 42.2 Å². The predicted molar refractivity (Wildman–Crippen MR) is 78.7 cm³/mol. The first-order chi connectivity index (χ1) is 9.68. The summed E-state index contributed by atoms with van der Waals surface area (Å²) >= 11 is 0. The minimum absolute atomic E-state index is 0.288. The number of fused-ring (bicyclic) bond motifs is 1. The number of para-hydroxylation sites is 1. The van der Waals surface area contributed by atoms with Gasteiger partial charge in [-0.05, 0) is 30.0 Å². The number of aliphatic hydroxyl groups excluding tert-OH is 1. The highest BCUT2D eigenvalue weighted by atomic mass is 16.3. The van der Waals surface area contributed by atoms with Crippen LogP contribution in [0, 0.1) is 6.92 Å². The molecule has 0 radical (unpaired) electrons. The first kappa shape index (κ1) is 12.6. The Hall–Kier alpha value is -2.39. The average molecular weight is 265 g/mol. The summed E-state index contributed by atoms with van der Waals surface area (Å²) in [7, 11) is 0. The maximum absolute atomic E-state index is 12.4. The zero-order valence-electron chi connectivity index (χ0n) is 11.2. The normalized spacial score (nSPS) is 12.5. The lowest BCUT2D eigenvalue weighted by Crippen LogP contribution is -2.19. The largest absolute Gasteiger partial charge is 0.366 e. The zero-order valence-corrected chi connectivity index (χ0v) is 11.2. The van der Waals surface area contributed by atoms with Crippen molar-refractivity contribution in [1.82, 2.24) is 4.57 Å². The second kappa shape index (κ2) is 4.94. The van der Waals surface area contributed by atoms with Crippen molar-refractivity contribution in [3.05, 3.63) is 71.9 Å². The van der Waals surface area contributed by atoms with Crippen LogP contribution in [0.2, 0.25) is 0 Å². The van der Waals surface area contributed by atoms with Crippen molar-refractivity contribution in [3.63, 3.8) is 0 Å². The van der Waals surface area contributed by atoms with E-state index in [1.165, 1.54) is 0 Å². The lowest BCUT2D eigenvalue weighted by atomic mass is 10.0. The number of hydrogen-bond donors (Lipinski definition) is 1. The Bertz CT molecular complexity index is 773. The standard InChI is InChI=1S/C17H15NO2/c1-12-6-2-4-8-14(12)16(19)17(20)18-11-10-13-7-3-5-9-15(13)18/h2-11,17,20H,1H3. The van der Waals surface area contributed by atoms with Gasteiger partial charge in [-0.2, -0.15) is 0 Å². The molecule has 0 spiro atoms. The molecule has 3 nitrogen and oxygen atoms in total. The minimum atomic E-state index is -1.20. The van der Waals surface area contributed by atoms with Crippen molar-refractivity contribution in [2.75, 3.05) is 0 Å².